The van der Waals surface area contributed by atoms with Crippen LogP contribution < -0.4 is 10.1 Å². The molecule has 3 heterocycles. The Balaban J connectivity index is 1.30. The fourth-order valence-corrected chi connectivity index (χ4v) is 3.09. The second kappa shape index (κ2) is 9.38. The van der Waals surface area contributed by atoms with Crippen molar-refractivity contribution in [3.63, 3.8) is 0 Å². The van der Waals surface area contributed by atoms with Gasteiger partial charge in [0.1, 0.15) is 47.6 Å². The van der Waals surface area contributed by atoms with E-state index in [-0.39, 0.29) is 36.5 Å². The van der Waals surface area contributed by atoms with E-state index in [1.54, 1.807) is 41.2 Å². The first-order valence-corrected chi connectivity index (χ1v) is 10.1. The molecule has 3 aromatic heterocycles. The minimum atomic E-state index is -0.340. The largest absolute Gasteiger partial charge is 0.508 e. The van der Waals surface area contributed by atoms with Crippen LogP contribution in [0.5, 0.6) is 11.5 Å². The predicted octanol–water partition coefficient (Wildman–Crippen LogP) is 3.25. The van der Waals surface area contributed by atoms with Crippen molar-refractivity contribution in [2.24, 2.45) is 0 Å². The van der Waals surface area contributed by atoms with Crippen molar-refractivity contribution in [2.75, 3.05) is 0 Å². The van der Waals surface area contributed by atoms with Crippen molar-refractivity contribution >= 4 is 5.91 Å². The lowest BCUT2D eigenvalue weighted by atomic mass is 10.1. The van der Waals surface area contributed by atoms with Crippen LogP contribution in [-0.4, -0.2) is 31.0 Å². The smallest absolute Gasteiger partial charge is 0.287 e. The summed E-state index contributed by atoms with van der Waals surface area (Å²) in [7, 11) is 0. The summed E-state index contributed by atoms with van der Waals surface area (Å²) < 4.78 is 18.2. The highest BCUT2D eigenvalue weighted by Gasteiger charge is 2.16. The predicted molar refractivity (Wildman–Crippen MR) is 112 cm³/mol. The maximum absolute atomic E-state index is 12.4. The zero-order chi connectivity index (χ0) is 22.5. The number of carbonyl (C=O) groups excluding carboxylic acids is 1. The number of phenols is 1. The van der Waals surface area contributed by atoms with Gasteiger partial charge in [0.2, 0.25) is 0 Å². The van der Waals surface area contributed by atoms with Crippen molar-refractivity contribution in [1.82, 2.24) is 25.3 Å². The van der Waals surface area contributed by atoms with Gasteiger partial charge in [-0.25, -0.2) is 9.67 Å². The summed E-state index contributed by atoms with van der Waals surface area (Å²) in [5.41, 5.74) is 1.31. The summed E-state index contributed by atoms with van der Waals surface area (Å²) >= 11 is 0. The van der Waals surface area contributed by atoms with Gasteiger partial charge in [0, 0.05) is 12.0 Å². The van der Waals surface area contributed by atoms with E-state index >= 15 is 0 Å². The number of carbonyl (C=O) groups is 1. The van der Waals surface area contributed by atoms with Gasteiger partial charge >= 0.3 is 0 Å². The number of rotatable bonds is 9. The molecule has 0 saturated heterocycles. The topological polar surface area (TPSA) is 128 Å². The molecular weight excluding hydrogens is 414 g/mol. The Morgan fingerprint density at radius 2 is 2.16 bits per heavy atom. The van der Waals surface area contributed by atoms with Crippen LogP contribution in [0.25, 0.3) is 0 Å². The molecule has 1 amide bonds. The van der Waals surface area contributed by atoms with Gasteiger partial charge in [-0.1, -0.05) is 25.1 Å². The third-order valence-electron chi connectivity index (χ3n) is 4.61. The summed E-state index contributed by atoms with van der Waals surface area (Å²) in [6, 6.07) is 9.85. The van der Waals surface area contributed by atoms with Crippen molar-refractivity contribution in [2.45, 2.75) is 39.5 Å². The van der Waals surface area contributed by atoms with E-state index in [9.17, 15) is 9.90 Å². The van der Waals surface area contributed by atoms with Crippen LogP contribution in [0, 0.1) is 0 Å². The van der Waals surface area contributed by atoms with E-state index < -0.39 is 0 Å². The molecule has 0 radical (unpaired) electrons. The maximum atomic E-state index is 12.4. The van der Waals surface area contributed by atoms with Gasteiger partial charge in [-0.3, -0.25) is 4.79 Å². The van der Waals surface area contributed by atoms with E-state index in [1.165, 1.54) is 12.5 Å². The van der Waals surface area contributed by atoms with Gasteiger partial charge in [-0.05, 0) is 24.3 Å². The SMILES string of the molecule is CC(C)c1ocnc1CNC(=O)c1ccc(Cn2cc(COc3cccc(O)c3)nn2)o1. The molecule has 32 heavy (non-hydrogen) atoms. The summed E-state index contributed by atoms with van der Waals surface area (Å²) in [4.78, 5) is 16.6. The molecule has 0 aliphatic rings. The summed E-state index contributed by atoms with van der Waals surface area (Å²) in [5.74, 6) is 2.01. The molecule has 2 N–H and O–H groups in total. The normalized spacial score (nSPS) is 11.1. The zero-order valence-electron chi connectivity index (χ0n) is 17.7. The van der Waals surface area contributed by atoms with Crippen LogP contribution in [0.1, 0.15) is 53.2 Å². The average Bonchev–Trinajstić information content (AvgIpc) is 3.52. The lowest BCUT2D eigenvalue weighted by Crippen LogP contribution is -2.23. The fraction of sp³-hybridized carbons (Fsp3) is 0.273. The molecule has 0 bridgehead atoms. The van der Waals surface area contributed by atoms with E-state index in [0.29, 0.717) is 29.4 Å². The van der Waals surface area contributed by atoms with Crippen LogP contribution in [0.2, 0.25) is 0 Å². The Morgan fingerprint density at radius 1 is 1.28 bits per heavy atom. The number of hydrogen-bond donors (Lipinski definition) is 2. The van der Waals surface area contributed by atoms with Gasteiger partial charge < -0.3 is 24.0 Å². The lowest BCUT2D eigenvalue weighted by Gasteiger charge is -2.05. The number of oxazole rings is 1. The molecular formula is C22H23N5O5. The third kappa shape index (κ3) is 5.15. The minimum absolute atomic E-state index is 0.130. The van der Waals surface area contributed by atoms with Crippen LogP contribution in [0.4, 0.5) is 0 Å². The minimum Gasteiger partial charge on any atom is -0.508 e. The number of amides is 1. The summed E-state index contributed by atoms with van der Waals surface area (Å²) in [6.07, 6.45) is 3.10. The van der Waals surface area contributed by atoms with E-state index in [1.807, 2.05) is 13.8 Å². The number of hydrogen-bond acceptors (Lipinski definition) is 8. The fourth-order valence-electron chi connectivity index (χ4n) is 3.09. The molecule has 1 aromatic carbocycles. The van der Waals surface area contributed by atoms with E-state index in [0.717, 1.165) is 5.76 Å². The quantitative estimate of drug-likeness (QED) is 0.408. The monoisotopic (exact) mass is 437 g/mol. The molecule has 4 rings (SSSR count). The number of aromatic nitrogens is 4. The first-order valence-electron chi connectivity index (χ1n) is 10.1. The third-order valence-corrected chi connectivity index (χ3v) is 4.61. The number of ether oxygens (including phenoxy) is 1. The van der Waals surface area contributed by atoms with Crippen molar-refractivity contribution in [1.29, 1.82) is 0 Å². The molecule has 166 valence electrons. The number of nitrogens with zero attached hydrogens (tertiary/aromatic N) is 4. The molecule has 0 saturated carbocycles. The molecule has 10 nitrogen and oxygen atoms in total. The maximum Gasteiger partial charge on any atom is 0.287 e. The van der Waals surface area contributed by atoms with E-state index in [2.05, 4.69) is 20.6 Å². The summed E-state index contributed by atoms with van der Waals surface area (Å²) in [6.45, 7) is 4.77. The number of aromatic hydroxyl groups is 1. The van der Waals surface area contributed by atoms with Gasteiger partial charge in [-0.15, -0.1) is 5.10 Å². The van der Waals surface area contributed by atoms with Crippen LogP contribution >= 0.6 is 0 Å². The van der Waals surface area contributed by atoms with Gasteiger partial charge in [0.25, 0.3) is 5.91 Å². The molecule has 4 aromatic rings. The highest BCUT2D eigenvalue weighted by Crippen LogP contribution is 2.19. The van der Waals surface area contributed by atoms with Gasteiger partial charge in [0.05, 0.1) is 12.7 Å². The Bertz CT molecular complexity index is 1190. The highest BCUT2D eigenvalue weighted by molar-refractivity contribution is 5.91. The Hall–Kier alpha value is -4.08. The molecule has 10 heteroatoms. The Kier molecular flexibility index (Phi) is 6.20. The lowest BCUT2D eigenvalue weighted by molar-refractivity contribution is 0.0920. The Labute approximate surface area is 183 Å². The van der Waals surface area contributed by atoms with Gasteiger partial charge in [0.15, 0.2) is 12.2 Å². The van der Waals surface area contributed by atoms with Crippen molar-refractivity contribution in [3.8, 4) is 11.5 Å². The first-order chi connectivity index (χ1) is 15.5. The van der Waals surface area contributed by atoms with Crippen LogP contribution in [0.15, 0.2) is 57.8 Å². The number of nitrogens with one attached hydrogen (secondary N) is 1. The molecule has 0 unspecified atom stereocenters. The van der Waals surface area contributed by atoms with Crippen LogP contribution in [-0.2, 0) is 19.7 Å². The molecule has 0 aliphatic heterocycles. The molecule has 0 aliphatic carbocycles. The first kappa shape index (κ1) is 21.2. The van der Waals surface area contributed by atoms with Gasteiger partial charge in [-0.2, -0.15) is 0 Å². The zero-order valence-corrected chi connectivity index (χ0v) is 17.7. The molecule has 0 spiro atoms. The summed E-state index contributed by atoms with van der Waals surface area (Å²) in [5, 5.41) is 20.4. The number of benzene rings is 1. The Morgan fingerprint density at radius 3 is 2.97 bits per heavy atom. The second-order valence-corrected chi connectivity index (χ2v) is 7.46. The second-order valence-electron chi connectivity index (χ2n) is 7.46. The van der Waals surface area contributed by atoms with E-state index in [4.69, 9.17) is 13.6 Å². The van der Waals surface area contributed by atoms with Crippen molar-refractivity contribution < 1.29 is 23.5 Å². The highest BCUT2D eigenvalue weighted by atomic mass is 16.5. The molecule has 0 fully saturated rings. The average molecular weight is 437 g/mol. The standard InChI is InChI=1S/C22H23N5O5/c1-14(2)21-19(24-13-31-21)9-23-22(29)20-7-6-18(32-20)11-27-10-15(25-26-27)12-30-17-5-3-4-16(28)8-17/h3-8,10,13-14,28H,9,11-12H2,1-2H3,(H,23,29). The van der Waals surface area contributed by atoms with Crippen LogP contribution in [0.3, 0.4) is 0 Å². The molecule has 0 atom stereocenters. The number of phenolic OH excluding ortho intramolecular Hbond substituents is 1. The number of furan rings is 1. The van der Waals surface area contributed by atoms with Crippen molar-refractivity contribution in [3.05, 3.63) is 77.7 Å².